The summed E-state index contributed by atoms with van der Waals surface area (Å²) in [7, 11) is 0. The molecule has 0 saturated heterocycles. The normalized spacial score (nSPS) is 10.9. The van der Waals surface area contributed by atoms with E-state index in [4.69, 9.17) is 5.11 Å². The average molecular weight is 226 g/mol. The first-order valence-corrected chi connectivity index (χ1v) is 5.42. The summed E-state index contributed by atoms with van der Waals surface area (Å²) < 4.78 is 0. The Morgan fingerprint density at radius 2 is 1.59 bits per heavy atom. The zero-order chi connectivity index (χ0) is 12.3. The van der Waals surface area contributed by atoms with Crippen LogP contribution in [0.4, 0.5) is 0 Å². The summed E-state index contributed by atoms with van der Waals surface area (Å²) in [6.07, 6.45) is 3.74. The van der Waals surface area contributed by atoms with Crippen LogP contribution >= 0.6 is 0 Å². The lowest BCUT2D eigenvalue weighted by Crippen LogP contribution is -1.77. The van der Waals surface area contributed by atoms with E-state index in [1.807, 2.05) is 43.3 Å². The molecule has 0 saturated carbocycles. The van der Waals surface area contributed by atoms with Gasteiger partial charge in [-0.2, -0.15) is 0 Å². The van der Waals surface area contributed by atoms with E-state index < -0.39 is 0 Å². The van der Waals surface area contributed by atoms with Crippen LogP contribution in [0, 0.1) is 6.92 Å². The summed E-state index contributed by atoms with van der Waals surface area (Å²) in [5.74, 6) is 0.528. The van der Waals surface area contributed by atoms with Gasteiger partial charge in [0.2, 0.25) is 0 Å². The number of hydrogen-bond donors (Lipinski definition) is 2. The molecule has 2 heteroatoms. The quantitative estimate of drug-likeness (QED) is 0.768. The molecule has 0 aliphatic carbocycles. The second-order valence-corrected chi connectivity index (χ2v) is 3.99. The molecule has 0 bridgehead atoms. The molecule has 0 heterocycles. The fourth-order valence-corrected chi connectivity index (χ4v) is 1.57. The molecule has 0 atom stereocenters. The van der Waals surface area contributed by atoms with Gasteiger partial charge in [0.1, 0.15) is 11.5 Å². The predicted molar refractivity (Wildman–Crippen MR) is 69.9 cm³/mol. The Labute approximate surface area is 100 Å². The van der Waals surface area contributed by atoms with Gasteiger partial charge in [0, 0.05) is 5.56 Å². The van der Waals surface area contributed by atoms with Gasteiger partial charge in [-0.15, -0.1) is 0 Å². The van der Waals surface area contributed by atoms with Crippen LogP contribution in [-0.4, -0.2) is 10.2 Å². The van der Waals surface area contributed by atoms with Crippen molar-refractivity contribution >= 4 is 12.2 Å². The summed E-state index contributed by atoms with van der Waals surface area (Å²) in [6, 6.07) is 12.5. The Kier molecular flexibility index (Phi) is 3.15. The maximum Gasteiger partial charge on any atom is 0.123 e. The molecule has 0 unspecified atom stereocenters. The van der Waals surface area contributed by atoms with E-state index in [0.717, 1.165) is 16.7 Å². The predicted octanol–water partition coefficient (Wildman–Crippen LogP) is 3.58. The molecule has 0 spiro atoms. The molecule has 0 amide bonds. The van der Waals surface area contributed by atoms with Crippen molar-refractivity contribution in [2.24, 2.45) is 0 Å². The molecule has 86 valence electrons. The summed E-state index contributed by atoms with van der Waals surface area (Å²) in [5.41, 5.74) is 2.79. The minimum absolute atomic E-state index is 0.250. The van der Waals surface area contributed by atoms with Crippen molar-refractivity contribution in [2.45, 2.75) is 6.92 Å². The first-order valence-electron chi connectivity index (χ1n) is 5.42. The molecule has 2 rings (SSSR count). The van der Waals surface area contributed by atoms with Gasteiger partial charge >= 0.3 is 0 Å². The third kappa shape index (κ3) is 2.88. The number of rotatable bonds is 2. The molecular weight excluding hydrogens is 212 g/mol. The van der Waals surface area contributed by atoms with Gasteiger partial charge < -0.3 is 10.2 Å². The molecule has 2 N–H and O–H groups in total. The highest BCUT2D eigenvalue weighted by Crippen LogP contribution is 2.21. The van der Waals surface area contributed by atoms with Crippen LogP contribution in [0.2, 0.25) is 0 Å². The lowest BCUT2D eigenvalue weighted by Gasteiger charge is -2.00. The highest BCUT2D eigenvalue weighted by Gasteiger charge is 1.96. The smallest absolute Gasteiger partial charge is 0.123 e. The number of phenols is 2. The summed E-state index contributed by atoms with van der Waals surface area (Å²) in [4.78, 5) is 0. The van der Waals surface area contributed by atoms with Gasteiger partial charge in [0.15, 0.2) is 0 Å². The summed E-state index contributed by atoms with van der Waals surface area (Å²) >= 11 is 0. The molecule has 0 aromatic heterocycles. The van der Waals surface area contributed by atoms with Crippen LogP contribution in [0.15, 0.2) is 42.5 Å². The van der Waals surface area contributed by atoms with Crippen molar-refractivity contribution in [1.82, 2.24) is 0 Å². The van der Waals surface area contributed by atoms with Gasteiger partial charge in [0.25, 0.3) is 0 Å². The maximum atomic E-state index is 9.72. The Balaban J connectivity index is 2.23. The Hall–Kier alpha value is -2.22. The van der Waals surface area contributed by atoms with Crippen LogP contribution in [0.25, 0.3) is 12.2 Å². The molecule has 0 fully saturated rings. The summed E-state index contributed by atoms with van der Waals surface area (Å²) in [6.45, 7) is 1.94. The largest absolute Gasteiger partial charge is 0.508 e. The fraction of sp³-hybridized carbons (Fsp3) is 0.0667. The highest BCUT2D eigenvalue weighted by molar-refractivity contribution is 5.72. The van der Waals surface area contributed by atoms with E-state index in [9.17, 15) is 5.11 Å². The first kappa shape index (κ1) is 11.3. The van der Waals surface area contributed by atoms with Crippen LogP contribution < -0.4 is 0 Å². The molecule has 0 radical (unpaired) electrons. The van der Waals surface area contributed by atoms with Crippen molar-refractivity contribution in [3.8, 4) is 11.5 Å². The average Bonchev–Trinajstić information content (AvgIpc) is 2.30. The van der Waals surface area contributed by atoms with Crippen LogP contribution in [0.3, 0.4) is 0 Å². The van der Waals surface area contributed by atoms with Crippen molar-refractivity contribution in [3.63, 3.8) is 0 Å². The minimum Gasteiger partial charge on any atom is -0.508 e. The number of aryl methyl sites for hydroxylation is 1. The van der Waals surface area contributed by atoms with Crippen molar-refractivity contribution in [1.29, 1.82) is 0 Å². The lowest BCUT2D eigenvalue weighted by atomic mass is 10.1. The summed E-state index contributed by atoms with van der Waals surface area (Å²) in [5, 5.41) is 18.9. The second-order valence-electron chi connectivity index (χ2n) is 3.99. The number of aromatic hydroxyl groups is 2. The van der Waals surface area contributed by atoms with Crippen molar-refractivity contribution in [2.75, 3.05) is 0 Å². The van der Waals surface area contributed by atoms with Gasteiger partial charge in [-0.3, -0.25) is 0 Å². The molecular formula is C15H14O2. The third-order valence-corrected chi connectivity index (χ3v) is 2.53. The van der Waals surface area contributed by atoms with E-state index >= 15 is 0 Å². The van der Waals surface area contributed by atoms with E-state index in [0.29, 0.717) is 0 Å². The maximum absolute atomic E-state index is 9.72. The monoisotopic (exact) mass is 226 g/mol. The number of hydrogen-bond acceptors (Lipinski definition) is 2. The van der Waals surface area contributed by atoms with Crippen LogP contribution in [-0.2, 0) is 0 Å². The molecule has 2 aromatic carbocycles. The Morgan fingerprint density at radius 3 is 2.24 bits per heavy atom. The first-order chi connectivity index (χ1) is 8.15. The standard InChI is InChI=1S/C15H14O2/c1-11-2-6-13(15(17)10-11)7-3-12-4-8-14(16)9-5-12/h2-10,16-17H,1H3/b7-3+. The van der Waals surface area contributed by atoms with Crippen LogP contribution in [0.1, 0.15) is 16.7 Å². The molecule has 2 nitrogen and oxygen atoms in total. The number of benzene rings is 2. The zero-order valence-corrected chi connectivity index (χ0v) is 9.59. The molecule has 17 heavy (non-hydrogen) atoms. The molecule has 0 aliphatic heterocycles. The lowest BCUT2D eigenvalue weighted by molar-refractivity contribution is 0.473. The van der Waals surface area contributed by atoms with E-state index in [1.165, 1.54) is 0 Å². The second kappa shape index (κ2) is 4.74. The third-order valence-electron chi connectivity index (χ3n) is 2.53. The van der Waals surface area contributed by atoms with E-state index in [-0.39, 0.29) is 11.5 Å². The Bertz CT molecular complexity index is 539. The van der Waals surface area contributed by atoms with Gasteiger partial charge in [-0.25, -0.2) is 0 Å². The SMILES string of the molecule is Cc1ccc(/C=C/c2ccc(O)cc2)c(O)c1. The molecule has 0 aliphatic rings. The fourth-order valence-electron chi connectivity index (χ4n) is 1.57. The van der Waals surface area contributed by atoms with Gasteiger partial charge in [0.05, 0.1) is 0 Å². The van der Waals surface area contributed by atoms with Crippen molar-refractivity contribution in [3.05, 3.63) is 59.2 Å². The highest BCUT2D eigenvalue weighted by atomic mass is 16.3. The van der Waals surface area contributed by atoms with E-state index in [2.05, 4.69) is 0 Å². The van der Waals surface area contributed by atoms with Gasteiger partial charge in [-0.1, -0.05) is 36.4 Å². The minimum atomic E-state index is 0.250. The molecule has 2 aromatic rings. The zero-order valence-electron chi connectivity index (χ0n) is 9.59. The van der Waals surface area contributed by atoms with Crippen molar-refractivity contribution < 1.29 is 10.2 Å². The van der Waals surface area contributed by atoms with Gasteiger partial charge in [-0.05, 0) is 36.2 Å². The van der Waals surface area contributed by atoms with E-state index in [1.54, 1.807) is 18.2 Å². The number of phenolic OH excluding ortho intramolecular Hbond substituents is 2. The Morgan fingerprint density at radius 1 is 0.882 bits per heavy atom. The topological polar surface area (TPSA) is 40.5 Å². The van der Waals surface area contributed by atoms with Crippen LogP contribution in [0.5, 0.6) is 11.5 Å².